The van der Waals surface area contributed by atoms with E-state index in [1.54, 1.807) is 18.2 Å². The molecule has 0 bridgehead atoms. The zero-order valence-corrected chi connectivity index (χ0v) is 7.40. The third kappa shape index (κ3) is 2.57. The van der Waals surface area contributed by atoms with E-state index >= 15 is 0 Å². The summed E-state index contributed by atoms with van der Waals surface area (Å²) in [5.41, 5.74) is 13.4. The first-order valence-corrected chi connectivity index (χ1v) is 4.13. The van der Waals surface area contributed by atoms with Crippen LogP contribution in [0.4, 0.5) is 5.69 Å². The van der Waals surface area contributed by atoms with Gasteiger partial charge in [-0.05, 0) is 23.3 Å². The second-order valence-corrected chi connectivity index (χ2v) is 2.75. The molecule has 1 rings (SSSR count). The van der Waals surface area contributed by atoms with E-state index in [9.17, 15) is 0 Å². The number of rotatable bonds is 3. The lowest BCUT2D eigenvalue weighted by Gasteiger charge is -2.03. The van der Waals surface area contributed by atoms with Gasteiger partial charge in [-0.1, -0.05) is 18.2 Å². The summed E-state index contributed by atoms with van der Waals surface area (Å²) in [4.78, 5) is 0. The lowest BCUT2D eigenvalue weighted by Crippen LogP contribution is -1.98. The van der Waals surface area contributed by atoms with Gasteiger partial charge in [-0.3, -0.25) is 0 Å². The van der Waals surface area contributed by atoms with E-state index in [-0.39, 0.29) is 6.61 Å². The van der Waals surface area contributed by atoms with Gasteiger partial charge in [-0.2, -0.15) is 0 Å². The van der Waals surface area contributed by atoms with Gasteiger partial charge < -0.3 is 16.6 Å². The average Bonchev–Trinajstić information content (AvgIpc) is 2.16. The molecular weight excluding hydrogens is 164 g/mol. The van der Waals surface area contributed by atoms with Crippen molar-refractivity contribution in [2.24, 2.45) is 5.73 Å². The molecule has 0 aliphatic carbocycles. The van der Waals surface area contributed by atoms with Gasteiger partial charge in [-0.15, -0.1) is 0 Å². The third-order valence-electron chi connectivity index (χ3n) is 1.82. The van der Waals surface area contributed by atoms with Crippen LogP contribution in [0.25, 0.3) is 5.57 Å². The van der Waals surface area contributed by atoms with Crippen molar-refractivity contribution in [1.82, 2.24) is 0 Å². The van der Waals surface area contributed by atoms with Crippen LogP contribution in [0, 0.1) is 0 Å². The highest BCUT2D eigenvalue weighted by Gasteiger charge is 1.98. The van der Waals surface area contributed by atoms with Gasteiger partial charge in [-0.25, -0.2) is 0 Å². The van der Waals surface area contributed by atoms with Crippen LogP contribution in [-0.2, 0) is 0 Å². The molecule has 0 amide bonds. The van der Waals surface area contributed by atoms with E-state index in [0.717, 1.165) is 11.1 Å². The quantitative estimate of drug-likeness (QED) is 0.593. The SMILES string of the molecule is NC/C=C(\CO)c1ccc(N)cc1. The second kappa shape index (κ2) is 4.64. The molecule has 3 nitrogen and oxygen atoms in total. The zero-order chi connectivity index (χ0) is 9.68. The molecule has 0 saturated heterocycles. The van der Waals surface area contributed by atoms with E-state index in [2.05, 4.69) is 0 Å². The number of hydrogen-bond donors (Lipinski definition) is 3. The first-order valence-electron chi connectivity index (χ1n) is 4.13. The topological polar surface area (TPSA) is 72.3 Å². The lowest BCUT2D eigenvalue weighted by molar-refractivity contribution is 0.350. The van der Waals surface area contributed by atoms with E-state index in [4.69, 9.17) is 16.6 Å². The van der Waals surface area contributed by atoms with Crippen LogP contribution in [0.3, 0.4) is 0 Å². The fourth-order valence-corrected chi connectivity index (χ4v) is 1.11. The van der Waals surface area contributed by atoms with Crippen LogP contribution in [0.5, 0.6) is 0 Å². The zero-order valence-electron chi connectivity index (χ0n) is 7.40. The molecule has 3 heteroatoms. The normalized spacial score (nSPS) is 11.7. The Kier molecular flexibility index (Phi) is 3.49. The number of anilines is 1. The van der Waals surface area contributed by atoms with Crippen LogP contribution in [0.2, 0.25) is 0 Å². The number of nitrogens with two attached hydrogens (primary N) is 2. The minimum absolute atomic E-state index is 0.00111. The summed E-state index contributed by atoms with van der Waals surface area (Å²) in [6, 6.07) is 7.34. The Morgan fingerprint density at radius 3 is 2.38 bits per heavy atom. The summed E-state index contributed by atoms with van der Waals surface area (Å²) in [6.07, 6.45) is 1.80. The van der Waals surface area contributed by atoms with Crippen molar-refractivity contribution in [3.8, 4) is 0 Å². The molecule has 5 N–H and O–H groups in total. The smallest absolute Gasteiger partial charge is 0.0685 e. The van der Waals surface area contributed by atoms with E-state index in [1.165, 1.54) is 0 Å². The van der Waals surface area contributed by atoms with Crippen molar-refractivity contribution in [2.75, 3.05) is 18.9 Å². The minimum Gasteiger partial charge on any atom is -0.399 e. The number of nitrogen functional groups attached to an aromatic ring is 1. The van der Waals surface area contributed by atoms with Crippen molar-refractivity contribution < 1.29 is 5.11 Å². The first kappa shape index (κ1) is 9.77. The molecule has 0 atom stereocenters. The number of benzene rings is 1. The summed E-state index contributed by atoms with van der Waals surface area (Å²) >= 11 is 0. The molecule has 0 radical (unpaired) electrons. The predicted molar refractivity (Wildman–Crippen MR) is 55.0 cm³/mol. The summed E-state index contributed by atoms with van der Waals surface area (Å²) in [7, 11) is 0. The van der Waals surface area contributed by atoms with Gasteiger partial charge in [0.25, 0.3) is 0 Å². The van der Waals surface area contributed by atoms with Gasteiger partial charge in [0, 0.05) is 12.2 Å². The molecule has 13 heavy (non-hydrogen) atoms. The van der Waals surface area contributed by atoms with Gasteiger partial charge >= 0.3 is 0 Å². The van der Waals surface area contributed by atoms with Crippen LogP contribution < -0.4 is 11.5 Å². The predicted octanol–water partition coefficient (Wildman–Crippen LogP) is 0.603. The first-order chi connectivity index (χ1) is 6.27. The number of hydrogen-bond acceptors (Lipinski definition) is 3. The van der Waals surface area contributed by atoms with Gasteiger partial charge in [0.2, 0.25) is 0 Å². The molecule has 0 aliphatic rings. The Morgan fingerprint density at radius 2 is 1.92 bits per heavy atom. The average molecular weight is 178 g/mol. The van der Waals surface area contributed by atoms with Crippen LogP contribution >= 0.6 is 0 Å². The molecule has 0 aliphatic heterocycles. The Labute approximate surface area is 77.7 Å². The van der Waals surface area contributed by atoms with Gasteiger partial charge in [0.15, 0.2) is 0 Å². The van der Waals surface area contributed by atoms with Crippen molar-refractivity contribution in [3.63, 3.8) is 0 Å². The monoisotopic (exact) mass is 178 g/mol. The standard InChI is InChI=1S/C10H14N2O/c11-6-5-9(7-13)8-1-3-10(12)4-2-8/h1-5,13H,6-7,11-12H2/b9-5+. The molecular formula is C10H14N2O. The maximum Gasteiger partial charge on any atom is 0.0685 e. The van der Waals surface area contributed by atoms with Crippen LogP contribution in [0.1, 0.15) is 5.56 Å². The molecule has 70 valence electrons. The number of aliphatic hydroxyl groups excluding tert-OH is 1. The lowest BCUT2D eigenvalue weighted by atomic mass is 10.1. The fraction of sp³-hybridized carbons (Fsp3) is 0.200. The van der Waals surface area contributed by atoms with Crippen molar-refractivity contribution in [3.05, 3.63) is 35.9 Å². The van der Waals surface area contributed by atoms with E-state index in [0.29, 0.717) is 12.2 Å². The Morgan fingerprint density at radius 1 is 1.31 bits per heavy atom. The van der Waals surface area contributed by atoms with Crippen molar-refractivity contribution in [1.29, 1.82) is 0 Å². The Bertz CT molecular complexity index is 290. The van der Waals surface area contributed by atoms with Crippen LogP contribution in [0.15, 0.2) is 30.3 Å². The third-order valence-corrected chi connectivity index (χ3v) is 1.82. The molecule has 0 saturated carbocycles. The molecule has 1 aromatic carbocycles. The van der Waals surface area contributed by atoms with Gasteiger partial charge in [0.1, 0.15) is 0 Å². The van der Waals surface area contributed by atoms with Crippen LogP contribution in [-0.4, -0.2) is 18.3 Å². The van der Waals surface area contributed by atoms with E-state index < -0.39 is 0 Å². The maximum absolute atomic E-state index is 9.02. The second-order valence-electron chi connectivity index (χ2n) is 2.75. The Balaban J connectivity index is 2.92. The summed E-state index contributed by atoms with van der Waals surface area (Å²) in [5, 5.41) is 9.02. The summed E-state index contributed by atoms with van der Waals surface area (Å²) < 4.78 is 0. The van der Waals surface area contributed by atoms with Crippen molar-refractivity contribution in [2.45, 2.75) is 0 Å². The molecule has 0 unspecified atom stereocenters. The highest BCUT2D eigenvalue weighted by molar-refractivity contribution is 5.67. The highest BCUT2D eigenvalue weighted by atomic mass is 16.3. The Hall–Kier alpha value is -1.32. The molecule has 0 fully saturated rings. The molecule has 0 spiro atoms. The summed E-state index contributed by atoms with van der Waals surface area (Å²) in [6.45, 7) is 0.432. The fourth-order valence-electron chi connectivity index (χ4n) is 1.11. The molecule has 0 aromatic heterocycles. The van der Waals surface area contributed by atoms with Gasteiger partial charge in [0.05, 0.1) is 6.61 Å². The highest BCUT2D eigenvalue weighted by Crippen LogP contribution is 2.14. The molecule has 1 aromatic rings. The summed E-state index contributed by atoms with van der Waals surface area (Å²) in [5.74, 6) is 0. The largest absolute Gasteiger partial charge is 0.399 e. The molecule has 0 heterocycles. The van der Waals surface area contributed by atoms with E-state index in [1.807, 2.05) is 12.1 Å². The minimum atomic E-state index is 0.00111. The number of aliphatic hydroxyl groups is 1. The van der Waals surface area contributed by atoms with Crippen molar-refractivity contribution >= 4 is 11.3 Å². The maximum atomic E-state index is 9.02.